The number of carbonyl (C=O) groups excluding carboxylic acids is 1. The minimum absolute atomic E-state index is 0.297. The third kappa shape index (κ3) is 4.77. The van der Waals surface area contributed by atoms with Gasteiger partial charge in [0.25, 0.3) is 0 Å². The number of hydrogen-bond donors (Lipinski definition) is 1. The second-order valence-electron chi connectivity index (χ2n) is 6.06. The first-order valence-electron chi connectivity index (χ1n) is 7.07. The molecule has 0 radical (unpaired) electrons. The van der Waals surface area contributed by atoms with Gasteiger partial charge in [-0.3, -0.25) is 14.6 Å². The summed E-state index contributed by atoms with van der Waals surface area (Å²) < 4.78 is 7.14. The van der Waals surface area contributed by atoms with Gasteiger partial charge in [-0.1, -0.05) is 0 Å². The molecule has 1 N–H and O–H groups in total. The highest BCUT2D eigenvalue weighted by molar-refractivity contribution is 5.87. The van der Waals surface area contributed by atoms with Gasteiger partial charge in [0, 0.05) is 19.8 Å². The van der Waals surface area contributed by atoms with Crippen molar-refractivity contribution in [3.8, 4) is 0 Å². The van der Waals surface area contributed by atoms with Crippen molar-refractivity contribution in [3.05, 3.63) is 18.0 Å². The monoisotopic (exact) mass is 293 g/mol. The van der Waals surface area contributed by atoms with Crippen LogP contribution in [0.25, 0.3) is 0 Å². The molecule has 1 aromatic heterocycles. The van der Waals surface area contributed by atoms with Crippen molar-refractivity contribution in [1.82, 2.24) is 20.0 Å². The molecule has 0 fully saturated rings. The van der Waals surface area contributed by atoms with Gasteiger partial charge in [0.2, 0.25) is 0 Å². The summed E-state index contributed by atoms with van der Waals surface area (Å²) in [5, 5.41) is 7.52. The molecule has 7 nitrogen and oxygen atoms in total. The molecule has 2 rings (SSSR count). The van der Waals surface area contributed by atoms with E-state index in [0.29, 0.717) is 26.2 Å². The molecule has 0 unspecified atom stereocenters. The summed E-state index contributed by atoms with van der Waals surface area (Å²) in [6.07, 6.45) is 1.60. The second kappa shape index (κ2) is 6.15. The minimum Gasteiger partial charge on any atom is -0.444 e. The molecule has 116 valence electrons. The lowest BCUT2D eigenvalue weighted by molar-refractivity contribution is 0.0276. The average Bonchev–Trinajstić information content (AvgIpc) is 2.81. The van der Waals surface area contributed by atoms with Crippen molar-refractivity contribution in [3.63, 3.8) is 0 Å². The summed E-state index contributed by atoms with van der Waals surface area (Å²) in [5.41, 5.74) is 0.460. The molecule has 1 aliphatic rings. The Labute approximate surface area is 125 Å². The predicted molar refractivity (Wildman–Crippen MR) is 80.2 cm³/mol. The number of nitrogens with one attached hydrogen (secondary N) is 1. The van der Waals surface area contributed by atoms with Crippen LogP contribution in [0.1, 0.15) is 26.5 Å². The number of nitrogens with zero attached hydrogens (tertiary/aromatic N) is 4. The number of aromatic nitrogens is 2. The highest BCUT2D eigenvalue weighted by Gasteiger charge is 2.24. The summed E-state index contributed by atoms with van der Waals surface area (Å²) in [6.45, 7) is 7.81. The Balaban J connectivity index is 1.85. The molecule has 1 aliphatic heterocycles. The number of aryl methyl sites for hydroxylation is 1. The van der Waals surface area contributed by atoms with E-state index < -0.39 is 5.60 Å². The van der Waals surface area contributed by atoms with E-state index >= 15 is 0 Å². The van der Waals surface area contributed by atoms with Crippen LogP contribution in [0, 0.1) is 0 Å². The number of amidine groups is 1. The van der Waals surface area contributed by atoms with E-state index in [0.717, 1.165) is 11.5 Å². The first-order valence-corrected chi connectivity index (χ1v) is 7.07. The van der Waals surface area contributed by atoms with Crippen LogP contribution in [-0.2, 0) is 18.3 Å². The summed E-state index contributed by atoms with van der Waals surface area (Å²) in [4.78, 5) is 18.1. The van der Waals surface area contributed by atoms with Crippen LogP contribution in [0.2, 0.25) is 0 Å². The molecule has 0 aliphatic carbocycles. The van der Waals surface area contributed by atoms with Gasteiger partial charge in [-0.15, -0.1) is 0 Å². The van der Waals surface area contributed by atoms with E-state index in [2.05, 4.69) is 15.4 Å². The third-order valence-corrected chi connectivity index (χ3v) is 2.91. The molecule has 0 atom stereocenters. The molecule has 0 aromatic carbocycles. The van der Waals surface area contributed by atoms with E-state index in [9.17, 15) is 4.79 Å². The van der Waals surface area contributed by atoms with Gasteiger partial charge in [0.05, 0.1) is 25.3 Å². The Morgan fingerprint density at radius 1 is 1.48 bits per heavy atom. The molecule has 2 heterocycles. The Morgan fingerprint density at radius 2 is 2.24 bits per heavy atom. The van der Waals surface area contributed by atoms with Crippen LogP contribution in [0.3, 0.4) is 0 Å². The maximum absolute atomic E-state index is 12.0. The third-order valence-electron chi connectivity index (χ3n) is 2.91. The Hall–Kier alpha value is -2.05. The molecule has 0 spiro atoms. The normalized spacial score (nSPS) is 15.6. The molecule has 1 amide bonds. The molecule has 0 saturated carbocycles. The first kappa shape index (κ1) is 15.3. The molecule has 0 bridgehead atoms. The van der Waals surface area contributed by atoms with Crippen LogP contribution in [-0.4, -0.2) is 51.8 Å². The maximum atomic E-state index is 12.0. The summed E-state index contributed by atoms with van der Waals surface area (Å²) >= 11 is 0. The second-order valence-corrected chi connectivity index (χ2v) is 6.06. The van der Waals surface area contributed by atoms with Crippen molar-refractivity contribution >= 4 is 11.9 Å². The fourth-order valence-electron chi connectivity index (χ4n) is 1.96. The fraction of sp³-hybridized carbons (Fsp3) is 0.643. The van der Waals surface area contributed by atoms with Gasteiger partial charge >= 0.3 is 6.09 Å². The zero-order valence-corrected chi connectivity index (χ0v) is 13.1. The molecule has 1 aromatic rings. The van der Waals surface area contributed by atoms with Gasteiger partial charge in [0.1, 0.15) is 11.4 Å². The largest absolute Gasteiger partial charge is 0.444 e. The van der Waals surface area contributed by atoms with Gasteiger partial charge in [0.15, 0.2) is 0 Å². The number of ether oxygens (including phenoxy) is 1. The number of hydrogen-bond acceptors (Lipinski definition) is 5. The quantitative estimate of drug-likeness (QED) is 0.888. The molecule has 21 heavy (non-hydrogen) atoms. The number of amides is 1. The highest BCUT2D eigenvalue weighted by Crippen LogP contribution is 2.11. The van der Waals surface area contributed by atoms with Crippen LogP contribution in [0.4, 0.5) is 4.79 Å². The lowest BCUT2D eigenvalue weighted by Crippen LogP contribution is -2.47. The maximum Gasteiger partial charge on any atom is 0.410 e. The van der Waals surface area contributed by atoms with E-state index in [4.69, 9.17) is 4.74 Å². The van der Waals surface area contributed by atoms with Crippen molar-refractivity contribution < 1.29 is 9.53 Å². The van der Waals surface area contributed by atoms with Gasteiger partial charge < -0.3 is 10.1 Å². The SMILES string of the molecule is Cn1ccc(CNC2=NCCN(C(=O)OC(C)(C)C)C2)n1. The van der Waals surface area contributed by atoms with E-state index in [1.54, 1.807) is 9.58 Å². The predicted octanol–water partition coefficient (Wildman–Crippen LogP) is 1.16. The zero-order valence-electron chi connectivity index (χ0n) is 13.1. The van der Waals surface area contributed by atoms with E-state index in [1.165, 1.54) is 0 Å². The summed E-state index contributed by atoms with van der Waals surface area (Å²) in [5.74, 6) is 0.790. The van der Waals surface area contributed by atoms with Crippen molar-refractivity contribution in [1.29, 1.82) is 0 Å². The minimum atomic E-state index is -0.479. The summed E-state index contributed by atoms with van der Waals surface area (Å²) in [6, 6.07) is 1.95. The van der Waals surface area contributed by atoms with E-state index in [1.807, 2.05) is 40.1 Å². The molecule has 7 heteroatoms. The standard InChI is InChI=1S/C14H23N5O2/c1-14(2,3)21-13(20)19-8-6-15-12(10-19)16-9-11-5-7-18(4)17-11/h5,7H,6,8-10H2,1-4H3,(H,15,16). The first-order chi connectivity index (χ1) is 9.83. The average molecular weight is 293 g/mol. The van der Waals surface area contributed by atoms with Crippen LogP contribution in [0.15, 0.2) is 17.3 Å². The van der Waals surface area contributed by atoms with Gasteiger partial charge in [-0.2, -0.15) is 5.10 Å². The zero-order chi connectivity index (χ0) is 15.5. The Bertz CT molecular complexity index is 530. The fourth-order valence-corrected chi connectivity index (χ4v) is 1.96. The van der Waals surface area contributed by atoms with Crippen LogP contribution in [0.5, 0.6) is 0 Å². The van der Waals surface area contributed by atoms with Crippen molar-refractivity contribution in [2.45, 2.75) is 32.9 Å². The smallest absolute Gasteiger partial charge is 0.410 e. The number of carbonyl (C=O) groups is 1. The molecular formula is C14H23N5O2. The van der Waals surface area contributed by atoms with Gasteiger partial charge in [-0.25, -0.2) is 4.79 Å². The lowest BCUT2D eigenvalue weighted by atomic mass is 10.2. The van der Waals surface area contributed by atoms with Gasteiger partial charge in [-0.05, 0) is 26.8 Å². The lowest BCUT2D eigenvalue weighted by Gasteiger charge is -2.29. The van der Waals surface area contributed by atoms with E-state index in [-0.39, 0.29) is 6.09 Å². The molecular weight excluding hydrogens is 270 g/mol. The number of aliphatic imine (C=N–C) groups is 1. The van der Waals surface area contributed by atoms with Crippen molar-refractivity contribution in [2.24, 2.45) is 12.0 Å². The summed E-state index contributed by atoms with van der Waals surface area (Å²) in [7, 11) is 1.88. The van der Waals surface area contributed by atoms with Crippen LogP contribution < -0.4 is 5.32 Å². The molecule has 0 saturated heterocycles. The Morgan fingerprint density at radius 3 is 2.86 bits per heavy atom. The Kier molecular flexibility index (Phi) is 4.50. The van der Waals surface area contributed by atoms with Crippen molar-refractivity contribution in [2.75, 3.05) is 19.6 Å². The number of rotatable bonds is 2. The highest BCUT2D eigenvalue weighted by atomic mass is 16.6. The topological polar surface area (TPSA) is 71.8 Å². The van der Waals surface area contributed by atoms with Crippen LogP contribution >= 0.6 is 0 Å².